The van der Waals surface area contributed by atoms with Gasteiger partial charge in [-0.2, -0.15) is 0 Å². The van der Waals surface area contributed by atoms with Crippen LogP contribution in [0.4, 0.5) is 0 Å². The molecule has 2 rings (SSSR count). The molecule has 0 saturated carbocycles. The van der Waals surface area contributed by atoms with E-state index in [0.717, 1.165) is 30.6 Å². The van der Waals surface area contributed by atoms with Crippen LogP contribution in [-0.4, -0.2) is 39.5 Å². The zero-order valence-corrected chi connectivity index (χ0v) is 12.2. The van der Waals surface area contributed by atoms with Gasteiger partial charge in [0.15, 0.2) is 0 Å². The first-order valence-corrected chi connectivity index (χ1v) is 7.91. The molecule has 1 aliphatic rings. The Morgan fingerprint density at radius 1 is 1.47 bits per heavy atom. The molecule has 19 heavy (non-hydrogen) atoms. The van der Waals surface area contributed by atoms with Gasteiger partial charge >= 0.3 is 0 Å². The fourth-order valence-corrected chi connectivity index (χ4v) is 3.67. The lowest BCUT2D eigenvalue weighted by Crippen LogP contribution is -2.36. The summed E-state index contributed by atoms with van der Waals surface area (Å²) < 4.78 is 27.4. The van der Waals surface area contributed by atoms with E-state index in [1.807, 2.05) is 14.0 Å². The van der Waals surface area contributed by atoms with Crippen molar-refractivity contribution >= 4 is 10.0 Å². The molecule has 5 nitrogen and oxygen atoms in total. The van der Waals surface area contributed by atoms with E-state index >= 15 is 0 Å². The highest BCUT2D eigenvalue weighted by Gasteiger charge is 2.25. The van der Waals surface area contributed by atoms with Crippen molar-refractivity contribution in [3.05, 3.63) is 29.3 Å². The summed E-state index contributed by atoms with van der Waals surface area (Å²) >= 11 is 0. The van der Waals surface area contributed by atoms with Crippen LogP contribution < -0.4 is 10.5 Å². The Hall–Kier alpha value is -0.950. The van der Waals surface area contributed by atoms with Crippen LogP contribution in [0.25, 0.3) is 0 Å². The lowest BCUT2D eigenvalue weighted by atomic mass is 10.1. The van der Waals surface area contributed by atoms with Crippen LogP contribution in [-0.2, 0) is 16.6 Å². The molecular weight excluding hydrogens is 262 g/mol. The van der Waals surface area contributed by atoms with E-state index in [0.29, 0.717) is 11.4 Å². The van der Waals surface area contributed by atoms with Gasteiger partial charge in [-0.15, -0.1) is 0 Å². The van der Waals surface area contributed by atoms with Gasteiger partial charge in [-0.25, -0.2) is 13.1 Å². The first-order valence-electron chi connectivity index (χ1n) is 6.43. The summed E-state index contributed by atoms with van der Waals surface area (Å²) in [5.74, 6) is 0. The summed E-state index contributed by atoms with van der Waals surface area (Å²) in [4.78, 5) is 2.42. The minimum atomic E-state index is -3.45. The number of nitrogens with two attached hydrogens (primary N) is 1. The number of hydrogen-bond donors (Lipinski definition) is 2. The van der Waals surface area contributed by atoms with Crippen LogP contribution >= 0.6 is 0 Å². The second kappa shape index (κ2) is 5.58. The third-order valence-corrected chi connectivity index (χ3v) is 5.08. The summed E-state index contributed by atoms with van der Waals surface area (Å²) in [5, 5.41) is 0. The molecule has 1 heterocycles. The quantitative estimate of drug-likeness (QED) is 0.840. The van der Waals surface area contributed by atoms with Crippen molar-refractivity contribution in [1.82, 2.24) is 9.62 Å². The summed E-state index contributed by atoms with van der Waals surface area (Å²) in [6.07, 6.45) is 0.853. The molecular formula is C13H21N3O2S. The van der Waals surface area contributed by atoms with Crippen LogP contribution in [0.1, 0.15) is 17.5 Å². The van der Waals surface area contributed by atoms with Gasteiger partial charge in [0.05, 0.1) is 4.90 Å². The van der Waals surface area contributed by atoms with E-state index in [9.17, 15) is 8.42 Å². The van der Waals surface area contributed by atoms with Crippen molar-refractivity contribution in [2.24, 2.45) is 5.73 Å². The predicted molar refractivity (Wildman–Crippen MR) is 75.3 cm³/mol. The van der Waals surface area contributed by atoms with Crippen LogP contribution in [0.3, 0.4) is 0 Å². The van der Waals surface area contributed by atoms with Crippen molar-refractivity contribution in [2.45, 2.75) is 30.8 Å². The highest BCUT2D eigenvalue weighted by atomic mass is 32.2. The molecule has 0 spiro atoms. The van der Waals surface area contributed by atoms with E-state index in [1.54, 1.807) is 18.2 Å². The number of sulfonamides is 1. The topological polar surface area (TPSA) is 75.4 Å². The Kier molecular flexibility index (Phi) is 4.25. The molecule has 106 valence electrons. The number of hydrogen-bond acceptors (Lipinski definition) is 4. The number of likely N-dealkylation sites (N-methyl/N-ethyl adjacent to an activating group) is 1. The third-order valence-electron chi connectivity index (χ3n) is 3.56. The molecule has 6 heteroatoms. The molecule has 0 aliphatic carbocycles. The fraction of sp³-hybridized carbons (Fsp3) is 0.538. The molecule has 1 atom stereocenters. The number of aryl methyl sites for hydroxylation is 1. The fourth-order valence-electron chi connectivity index (χ4n) is 2.35. The first-order chi connectivity index (χ1) is 8.92. The van der Waals surface area contributed by atoms with Gasteiger partial charge in [-0.05, 0) is 50.2 Å². The van der Waals surface area contributed by atoms with Crippen molar-refractivity contribution in [1.29, 1.82) is 0 Å². The zero-order chi connectivity index (χ0) is 14.0. The first kappa shape index (κ1) is 14.5. The zero-order valence-electron chi connectivity index (χ0n) is 11.4. The monoisotopic (exact) mass is 283 g/mol. The van der Waals surface area contributed by atoms with Crippen molar-refractivity contribution in [2.75, 3.05) is 20.1 Å². The van der Waals surface area contributed by atoms with Gasteiger partial charge in [0.1, 0.15) is 0 Å². The van der Waals surface area contributed by atoms with Crippen LogP contribution in [0, 0.1) is 6.92 Å². The van der Waals surface area contributed by atoms with Gasteiger partial charge in [-0.1, -0.05) is 6.07 Å². The Morgan fingerprint density at radius 3 is 2.79 bits per heavy atom. The number of likely N-dealkylation sites (tertiary alicyclic amines) is 1. The lowest BCUT2D eigenvalue weighted by Gasteiger charge is -2.14. The average Bonchev–Trinajstić information content (AvgIpc) is 2.74. The van der Waals surface area contributed by atoms with Crippen LogP contribution in [0.2, 0.25) is 0 Å². The van der Waals surface area contributed by atoms with Crippen LogP contribution in [0.5, 0.6) is 0 Å². The molecule has 0 radical (unpaired) electrons. The second-order valence-corrected chi connectivity index (χ2v) is 6.88. The van der Waals surface area contributed by atoms with E-state index in [1.165, 1.54) is 0 Å². The second-order valence-electron chi connectivity index (χ2n) is 5.16. The Bertz CT molecular complexity index is 557. The Labute approximate surface area is 114 Å². The highest BCUT2D eigenvalue weighted by Crippen LogP contribution is 2.17. The molecule has 3 N–H and O–H groups in total. The maximum absolute atomic E-state index is 12.3. The van der Waals surface area contributed by atoms with Gasteiger partial charge < -0.3 is 10.6 Å². The molecule has 1 unspecified atom stereocenters. The van der Waals surface area contributed by atoms with Gasteiger partial charge in [-0.3, -0.25) is 0 Å². The Morgan fingerprint density at radius 2 is 2.21 bits per heavy atom. The SMILES string of the molecule is Cc1ccc(S(=O)(=O)NC2CCN(C)C2)cc1CN. The largest absolute Gasteiger partial charge is 0.326 e. The van der Waals surface area contributed by atoms with Crippen molar-refractivity contribution in [3.8, 4) is 0 Å². The maximum atomic E-state index is 12.3. The maximum Gasteiger partial charge on any atom is 0.240 e. The molecule has 1 fully saturated rings. The predicted octanol–water partition coefficient (Wildman–Crippen LogP) is 0.436. The van der Waals surface area contributed by atoms with E-state index in [4.69, 9.17) is 5.73 Å². The van der Waals surface area contributed by atoms with Gasteiger partial charge in [0, 0.05) is 19.1 Å². The molecule has 1 aromatic carbocycles. The molecule has 1 saturated heterocycles. The summed E-state index contributed by atoms with van der Waals surface area (Å²) in [5.41, 5.74) is 7.51. The van der Waals surface area contributed by atoms with Gasteiger partial charge in [0.25, 0.3) is 0 Å². The van der Waals surface area contributed by atoms with Gasteiger partial charge in [0.2, 0.25) is 10.0 Å². The standard InChI is InChI=1S/C13H21N3O2S/c1-10-3-4-13(7-11(10)8-14)19(17,18)15-12-5-6-16(2)9-12/h3-4,7,12,15H,5-6,8-9,14H2,1-2H3. The smallest absolute Gasteiger partial charge is 0.240 e. The number of nitrogens with one attached hydrogen (secondary N) is 1. The number of rotatable bonds is 4. The molecule has 0 amide bonds. The lowest BCUT2D eigenvalue weighted by molar-refractivity contribution is 0.407. The molecule has 1 aromatic rings. The minimum absolute atomic E-state index is 0.00219. The van der Waals surface area contributed by atoms with E-state index in [2.05, 4.69) is 9.62 Å². The van der Waals surface area contributed by atoms with E-state index < -0.39 is 10.0 Å². The minimum Gasteiger partial charge on any atom is -0.326 e. The normalized spacial score (nSPS) is 20.9. The average molecular weight is 283 g/mol. The number of benzene rings is 1. The highest BCUT2D eigenvalue weighted by molar-refractivity contribution is 7.89. The summed E-state index contributed by atoms with van der Waals surface area (Å²) in [7, 11) is -1.46. The molecule has 0 bridgehead atoms. The molecule has 1 aliphatic heterocycles. The van der Waals surface area contributed by atoms with Crippen molar-refractivity contribution in [3.63, 3.8) is 0 Å². The third kappa shape index (κ3) is 3.33. The van der Waals surface area contributed by atoms with E-state index in [-0.39, 0.29) is 6.04 Å². The molecule has 0 aromatic heterocycles. The summed E-state index contributed by atoms with van der Waals surface area (Å²) in [6.45, 7) is 3.96. The van der Waals surface area contributed by atoms with Crippen molar-refractivity contribution < 1.29 is 8.42 Å². The number of nitrogens with zero attached hydrogens (tertiary/aromatic N) is 1. The van der Waals surface area contributed by atoms with Crippen LogP contribution in [0.15, 0.2) is 23.1 Å². The Balaban J connectivity index is 2.19. The summed E-state index contributed by atoms with van der Waals surface area (Å²) in [6, 6.07) is 5.10.